The van der Waals surface area contributed by atoms with Gasteiger partial charge in [-0.2, -0.15) is 0 Å². The average Bonchev–Trinajstić information content (AvgIpc) is 2.59. The molecule has 5 nitrogen and oxygen atoms in total. The summed E-state index contributed by atoms with van der Waals surface area (Å²) in [4.78, 5) is 7.39. The van der Waals surface area contributed by atoms with E-state index in [4.69, 9.17) is 9.73 Å². The van der Waals surface area contributed by atoms with Gasteiger partial charge in [-0.1, -0.05) is 13.3 Å². The van der Waals surface area contributed by atoms with Crippen LogP contribution in [0, 0.1) is 5.92 Å². The summed E-state index contributed by atoms with van der Waals surface area (Å²) in [6, 6.07) is 0.649. The first-order valence-corrected chi connectivity index (χ1v) is 10.0. The van der Waals surface area contributed by atoms with Gasteiger partial charge in [0.05, 0.1) is 0 Å². The molecule has 142 valence electrons. The van der Waals surface area contributed by atoms with Crippen molar-refractivity contribution in [3.63, 3.8) is 0 Å². The minimum Gasteiger partial charge on any atom is -0.381 e. The molecular weight excluding hydrogens is 300 g/mol. The third-order valence-electron chi connectivity index (χ3n) is 4.53. The predicted molar refractivity (Wildman–Crippen MR) is 104 cm³/mol. The topological polar surface area (TPSA) is 48.9 Å². The fourth-order valence-corrected chi connectivity index (χ4v) is 3.01. The molecule has 1 unspecified atom stereocenters. The van der Waals surface area contributed by atoms with E-state index in [1.54, 1.807) is 0 Å². The number of likely N-dealkylation sites (tertiary alicyclic amines) is 1. The quantitative estimate of drug-likeness (QED) is 0.345. The van der Waals surface area contributed by atoms with Crippen LogP contribution in [0.4, 0.5) is 0 Å². The van der Waals surface area contributed by atoms with Crippen molar-refractivity contribution < 1.29 is 4.74 Å². The monoisotopic (exact) mass is 340 g/mol. The molecule has 1 aliphatic rings. The molecule has 0 aromatic heterocycles. The number of nitrogens with zero attached hydrogens (tertiary/aromatic N) is 2. The molecule has 0 aromatic rings. The fraction of sp³-hybridized carbons (Fsp3) is 0.947. The minimum atomic E-state index is 0.649. The predicted octanol–water partition coefficient (Wildman–Crippen LogP) is 2.87. The summed E-state index contributed by atoms with van der Waals surface area (Å²) >= 11 is 0. The Labute approximate surface area is 149 Å². The Balaban J connectivity index is 2.26. The van der Waals surface area contributed by atoms with Gasteiger partial charge in [0.15, 0.2) is 5.96 Å². The molecule has 0 saturated carbocycles. The molecule has 0 amide bonds. The maximum Gasteiger partial charge on any atom is 0.191 e. The second kappa shape index (κ2) is 13.5. The number of rotatable bonds is 11. The van der Waals surface area contributed by atoms with Crippen LogP contribution in [0.3, 0.4) is 0 Å². The van der Waals surface area contributed by atoms with Gasteiger partial charge in [-0.25, -0.2) is 0 Å². The minimum absolute atomic E-state index is 0.649. The Kier molecular flexibility index (Phi) is 11.9. The molecule has 1 heterocycles. The maximum absolute atomic E-state index is 5.60. The van der Waals surface area contributed by atoms with Gasteiger partial charge in [0.1, 0.15) is 0 Å². The lowest BCUT2D eigenvalue weighted by atomic mass is 9.97. The van der Waals surface area contributed by atoms with Crippen LogP contribution >= 0.6 is 0 Å². The summed E-state index contributed by atoms with van der Waals surface area (Å²) in [5.41, 5.74) is 0. The van der Waals surface area contributed by atoms with Crippen LogP contribution in [0.1, 0.15) is 59.8 Å². The first-order chi connectivity index (χ1) is 11.7. The van der Waals surface area contributed by atoms with E-state index in [2.05, 4.69) is 43.2 Å². The molecule has 1 aliphatic heterocycles. The maximum atomic E-state index is 5.60. The van der Waals surface area contributed by atoms with Gasteiger partial charge in [-0.3, -0.25) is 4.99 Å². The van der Waals surface area contributed by atoms with Crippen molar-refractivity contribution in [2.75, 3.05) is 45.9 Å². The van der Waals surface area contributed by atoms with Crippen molar-refractivity contribution in [3.05, 3.63) is 0 Å². The summed E-state index contributed by atoms with van der Waals surface area (Å²) in [6.07, 6.45) is 5.99. The summed E-state index contributed by atoms with van der Waals surface area (Å²) in [5.74, 6) is 1.64. The van der Waals surface area contributed by atoms with Gasteiger partial charge in [0, 0.05) is 45.4 Å². The molecule has 1 atom stereocenters. The lowest BCUT2D eigenvalue weighted by Crippen LogP contribution is -2.42. The van der Waals surface area contributed by atoms with Crippen LogP contribution in [0.15, 0.2) is 4.99 Å². The first-order valence-electron chi connectivity index (χ1n) is 10.0. The van der Waals surface area contributed by atoms with E-state index in [1.165, 1.54) is 32.4 Å². The Morgan fingerprint density at radius 1 is 1.21 bits per heavy atom. The highest BCUT2D eigenvalue weighted by Crippen LogP contribution is 2.18. The Hall–Kier alpha value is -0.810. The smallest absolute Gasteiger partial charge is 0.191 e. The molecular formula is C19H40N4O. The summed E-state index contributed by atoms with van der Waals surface area (Å²) in [6.45, 7) is 15.8. The van der Waals surface area contributed by atoms with E-state index in [0.29, 0.717) is 12.0 Å². The normalized spacial score (nSPS) is 19.7. The molecule has 2 N–H and O–H groups in total. The van der Waals surface area contributed by atoms with Gasteiger partial charge in [-0.15, -0.1) is 0 Å². The molecule has 5 heteroatoms. The highest BCUT2D eigenvalue weighted by Gasteiger charge is 2.21. The molecule has 0 bridgehead atoms. The Morgan fingerprint density at radius 3 is 2.71 bits per heavy atom. The van der Waals surface area contributed by atoms with Crippen LogP contribution in [0.2, 0.25) is 0 Å². The largest absolute Gasteiger partial charge is 0.381 e. The lowest BCUT2D eigenvalue weighted by Gasteiger charge is -2.34. The zero-order chi connectivity index (χ0) is 17.6. The molecule has 24 heavy (non-hydrogen) atoms. The van der Waals surface area contributed by atoms with Gasteiger partial charge in [0.2, 0.25) is 0 Å². The second-order valence-electron chi connectivity index (χ2n) is 7.06. The zero-order valence-corrected chi connectivity index (χ0v) is 16.4. The number of nitrogens with one attached hydrogen (secondary N) is 2. The first kappa shape index (κ1) is 21.2. The molecule has 0 aromatic carbocycles. The average molecular weight is 341 g/mol. The fourth-order valence-electron chi connectivity index (χ4n) is 3.01. The van der Waals surface area contributed by atoms with Gasteiger partial charge < -0.3 is 20.3 Å². The molecule has 1 saturated heterocycles. The second-order valence-corrected chi connectivity index (χ2v) is 7.06. The van der Waals surface area contributed by atoms with E-state index in [0.717, 1.165) is 51.6 Å². The third-order valence-corrected chi connectivity index (χ3v) is 4.53. The van der Waals surface area contributed by atoms with Crippen LogP contribution in [-0.4, -0.2) is 62.8 Å². The summed E-state index contributed by atoms with van der Waals surface area (Å²) in [7, 11) is 0. The van der Waals surface area contributed by atoms with E-state index >= 15 is 0 Å². The van der Waals surface area contributed by atoms with E-state index in [1.807, 2.05) is 0 Å². The standard InChI is InChI=1S/C19H40N4O/c1-5-7-13-24-14-9-11-21-19(20-6-2)22-15-18-10-8-12-23(16-18)17(3)4/h17-18H,5-16H2,1-4H3,(H2,20,21,22). The number of hydrogen-bond acceptors (Lipinski definition) is 3. The number of ether oxygens (including phenoxy) is 1. The zero-order valence-electron chi connectivity index (χ0n) is 16.4. The van der Waals surface area contributed by atoms with Gasteiger partial charge in [0.25, 0.3) is 0 Å². The van der Waals surface area contributed by atoms with Crippen molar-refractivity contribution >= 4 is 5.96 Å². The molecule has 0 aliphatic carbocycles. The molecule has 1 rings (SSSR count). The van der Waals surface area contributed by atoms with E-state index in [9.17, 15) is 0 Å². The van der Waals surface area contributed by atoms with Crippen molar-refractivity contribution in [1.29, 1.82) is 0 Å². The highest BCUT2D eigenvalue weighted by molar-refractivity contribution is 5.79. The lowest BCUT2D eigenvalue weighted by molar-refractivity contribution is 0.129. The van der Waals surface area contributed by atoms with Gasteiger partial charge in [-0.05, 0) is 58.9 Å². The number of unbranched alkanes of at least 4 members (excludes halogenated alkanes) is 1. The van der Waals surface area contributed by atoms with Crippen LogP contribution < -0.4 is 10.6 Å². The van der Waals surface area contributed by atoms with Crippen LogP contribution in [0.25, 0.3) is 0 Å². The Bertz CT molecular complexity index is 333. The number of piperidine rings is 1. The number of aliphatic imine (C=N–C) groups is 1. The van der Waals surface area contributed by atoms with Gasteiger partial charge >= 0.3 is 0 Å². The number of guanidine groups is 1. The molecule has 1 fully saturated rings. The van der Waals surface area contributed by atoms with E-state index in [-0.39, 0.29) is 0 Å². The SMILES string of the molecule is CCCCOCCCNC(=NCC1CCCN(C(C)C)C1)NCC. The van der Waals surface area contributed by atoms with E-state index < -0.39 is 0 Å². The highest BCUT2D eigenvalue weighted by atomic mass is 16.5. The van der Waals surface area contributed by atoms with Crippen molar-refractivity contribution in [2.24, 2.45) is 10.9 Å². The van der Waals surface area contributed by atoms with Crippen molar-refractivity contribution in [2.45, 2.75) is 65.8 Å². The van der Waals surface area contributed by atoms with Crippen molar-refractivity contribution in [1.82, 2.24) is 15.5 Å². The third kappa shape index (κ3) is 9.48. The van der Waals surface area contributed by atoms with Crippen LogP contribution in [-0.2, 0) is 4.74 Å². The Morgan fingerprint density at radius 2 is 2.00 bits per heavy atom. The molecule has 0 spiro atoms. The number of hydrogen-bond donors (Lipinski definition) is 2. The van der Waals surface area contributed by atoms with Crippen LogP contribution in [0.5, 0.6) is 0 Å². The van der Waals surface area contributed by atoms with Crippen molar-refractivity contribution in [3.8, 4) is 0 Å². The molecule has 0 radical (unpaired) electrons. The summed E-state index contributed by atoms with van der Waals surface area (Å²) < 4.78 is 5.60. The summed E-state index contributed by atoms with van der Waals surface area (Å²) in [5, 5.41) is 6.78.